The molecule has 2 aromatic carbocycles. The van der Waals surface area contributed by atoms with Gasteiger partial charge in [0.1, 0.15) is 11.5 Å². The van der Waals surface area contributed by atoms with Crippen LogP contribution >= 0.6 is 0 Å². The average Bonchev–Trinajstić information content (AvgIpc) is 3.23. The number of carboxylic acid groups (broad SMARTS) is 1. The van der Waals surface area contributed by atoms with Crippen molar-refractivity contribution in [3.8, 4) is 16.9 Å². The van der Waals surface area contributed by atoms with Crippen LogP contribution in [0.1, 0.15) is 22.3 Å². The molecule has 0 spiro atoms. The summed E-state index contributed by atoms with van der Waals surface area (Å²) in [5, 5.41) is 14.7. The number of alkyl halides is 3. The molecule has 1 aromatic heterocycles. The summed E-state index contributed by atoms with van der Waals surface area (Å²) < 4.78 is 46.6. The molecule has 0 aliphatic heterocycles. The van der Waals surface area contributed by atoms with Gasteiger partial charge in [-0.25, -0.2) is 13.9 Å². The smallest absolute Gasteiger partial charge is 0.475 e. The summed E-state index contributed by atoms with van der Waals surface area (Å²) in [6.07, 6.45) is -2.52. The number of carbonyl (C=O) groups excluding carboxylic acids is 1. The predicted octanol–water partition coefficient (Wildman–Crippen LogP) is 4.30. The highest BCUT2D eigenvalue weighted by Crippen LogP contribution is 2.24. The van der Waals surface area contributed by atoms with Crippen molar-refractivity contribution in [2.45, 2.75) is 19.5 Å². The second-order valence-electron chi connectivity index (χ2n) is 7.89. The largest absolute Gasteiger partial charge is 0.490 e. The molecule has 0 radical (unpaired) electrons. The van der Waals surface area contributed by atoms with Crippen LogP contribution < -0.4 is 5.32 Å². The molecular formula is C24H26F4N4O3. The summed E-state index contributed by atoms with van der Waals surface area (Å²) >= 11 is 0. The monoisotopic (exact) mass is 494 g/mol. The second kappa shape index (κ2) is 12.1. The number of benzene rings is 2. The molecule has 1 heterocycles. The Bertz CT molecular complexity index is 1130. The number of aromatic nitrogens is 2. The number of rotatable bonds is 7. The maximum absolute atomic E-state index is 13.3. The van der Waals surface area contributed by atoms with E-state index in [1.54, 1.807) is 23.0 Å². The maximum Gasteiger partial charge on any atom is 0.490 e. The molecule has 0 unspecified atom stereocenters. The fraction of sp³-hybridized carbons (Fsp3) is 0.292. The molecule has 0 saturated carbocycles. The minimum atomic E-state index is -5.08. The first-order valence-corrected chi connectivity index (χ1v) is 10.5. The number of aliphatic carboxylic acids is 1. The van der Waals surface area contributed by atoms with Crippen LogP contribution in [0.25, 0.3) is 16.9 Å². The fourth-order valence-corrected chi connectivity index (χ4v) is 2.88. The predicted molar refractivity (Wildman–Crippen MR) is 123 cm³/mol. The summed E-state index contributed by atoms with van der Waals surface area (Å²) in [7, 11) is 4.01. The Morgan fingerprint density at radius 1 is 1.06 bits per heavy atom. The van der Waals surface area contributed by atoms with Gasteiger partial charge in [-0.1, -0.05) is 29.8 Å². The molecule has 0 aliphatic rings. The van der Waals surface area contributed by atoms with Gasteiger partial charge >= 0.3 is 12.1 Å². The first-order chi connectivity index (χ1) is 16.4. The number of amides is 1. The maximum atomic E-state index is 13.3. The first kappa shape index (κ1) is 27.5. The van der Waals surface area contributed by atoms with Gasteiger partial charge < -0.3 is 15.3 Å². The summed E-state index contributed by atoms with van der Waals surface area (Å²) in [5.74, 6) is -3.23. The van der Waals surface area contributed by atoms with Crippen molar-refractivity contribution < 1.29 is 32.3 Å². The third kappa shape index (κ3) is 8.53. The van der Waals surface area contributed by atoms with Gasteiger partial charge in [0.2, 0.25) is 0 Å². The van der Waals surface area contributed by atoms with E-state index >= 15 is 0 Å². The van der Waals surface area contributed by atoms with Crippen molar-refractivity contribution in [1.82, 2.24) is 20.0 Å². The van der Waals surface area contributed by atoms with E-state index in [0.29, 0.717) is 23.5 Å². The SMILES string of the molecule is Cc1ccc(-c2nn(-c3ccc(F)cc3)cc2C(=O)NCCCN(C)C)cc1.O=C(O)C(F)(F)F. The van der Waals surface area contributed by atoms with Crippen molar-refractivity contribution in [3.05, 3.63) is 71.7 Å². The Hall–Kier alpha value is -3.73. The van der Waals surface area contributed by atoms with Gasteiger partial charge in [0.05, 0.1) is 11.3 Å². The van der Waals surface area contributed by atoms with Crippen LogP contribution in [0.3, 0.4) is 0 Å². The molecule has 7 nitrogen and oxygen atoms in total. The number of hydrogen-bond acceptors (Lipinski definition) is 4. The van der Waals surface area contributed by atoms with Crippen molar-refractivity contribution in [1.29, 1.82) is 0 Å². The third-order valence-corrected chi connectivity index (χ3v) is 4.69. The van der Waals surface area contributed by atoms with Gasteiger partial charge in [0.15, 0.2) is 0 Å². The normalized spacial score (nSPS) is 11.1. The number of carbonyl (C=O) groups is 2. The lowest BCUT2D eigenvalue weighted by atomic mass is 10.1. The van der Waals surface area contributed by atoms with Gasteiger partial charge in [0, 0.05) is 18.3 Å². The fourth-order valence-electron chi connectivity index (χ4n) is 2.88. The number of carboxylic acids is 1. The molecule has 3 aromatic rings. The Kier molecular flexibility index (Phi) is 9.52. The van der Waals surface area contributed by atoms with E-state index in [1.807, 2.05) is 45.3 Å². The average molecular weight is 494 g/mol. The summed E-state index contributed by atoms with van der Waals surface area (Å²) in [5.41, 5.74) is 3.80. The van der Waals surface area contributed by atoms with Gasteiger partial charge in [-0.15, -0.1) is 0 Å². The van der Waals surface area contributed by atoms with E-state index in [-0.39, 0.29) is 11.7 Å². The van der Waals surface area contributed by atoms with E-state index in [9.17, 15) is 22.4 Å². The van der Waals surface area contributed by atoms with Crippen LogP contribution in [0.2, 0.25) is 0 Å². The topological polar surface area (TPSA) is 87.5 Å². The Morgan fingerprint density at radius 2 is 1.63 bits per heavy atom. The molecule has 1 amide bonds. The number of nitrogens with zero attached hydrogens (tertiary/aromatic N) is 3. The quantitative estimate of drug-likeness (QED) is 0.378. The standard InChI is InChI=1S/C22H25FN4O.C2HF3O2/c1-16-5-7-17(8-6-16)21-20(22(28)24-13-4-14-26(2)3)15-27(25-21)19-11-9-18(23)10-12-19;3-2(4,5)1(6)7/h5-12,15H,4,13-14H2,1-3H3,(H,24,28);(H,6,7). The number of hydrogen-bond donors (Lipinski definition) is 2. The summed E-state index contributed by atoms with van der Waals surface area (Å²) in [4.78, 5) is 23.8. The van der Waals surface area contributed by atoms with Crippen LogP contribution in [0.5, 0.6) is 0 Å². The van der Waals surface area contributed by atoms with E-state index in [2.05, 4.69) is 15.3 Å². The Labute approximate surface area is 200 Å². The molecule has 0 bridgehead atoms. The molecule has 11 heteroatoms. The molecule has 2 N–H and O–H groups in total. The molecule has 0 fully saturated rings. The van der Waals surface area contributed by atoms with Gasteiger partial charge in [-0.05, 0) is 58.3 Å². The van der Waals surface area contributed by atoms with Gasteiger partial charge in [0.25, 0.3) is 5.91 Å². The molecule has 0 atom stereocenters. The lowest BCUT2D eigenvalue weighted by Crippen LogP contribution is -2.27. The zero-order valence-electron chi connectivity index (χ0n) is 19.4. The van der Waals surface area contributed by atoms with Crippen LogP contribution in [0.15, 0.2) is 54.7 Å². The molecule has 3 rings (SSSR count). The Balaban J connectivity index is 0.000000540. The van der Waals surface area contributed by atoms with Crippen molar-refractivity contribution in [2.24, 2.45) is 0 Å². The first-order valence-electron chi connectivity index (χ1n) is 10.5. The summed E-state index contributed by atoms with van der Waals surface area (Å²) in [6, 6.07) is 13.9. The molecule has 188 valence electrons. The minimum Gasteiger partial charge on any atom is -0.475 e. The number of nitrogens with one attached hydrogen (secondary N) is 1. The van der Waals surface area contributed by atoms with Crippen LogP contribution in [0.4, 0.5) is 17.6 Å². The van der Waals surface area contributed by atoms with E-state index in [1.165, 1.54) is 12.1 Å². The molecule has 0 saturated heterocycles. The van der Waals surface area contributed by atoms with Crippen LogP contribution in [0, 0.1) is 12.7 Å². The highest BCUT2D eigenvalue weighted by atomic mass is 19.4. The van der Waals surface area contributed by atoms with Crippen molar-refractivity contribution in [2.75, 3.05) is 27.2 Å². The molecule has 35 heavy (non-hydrogen) atoms. The zero-order chi connectivity index (χ0) is 26.2. The van der Waals surface area contributed by atoms with Crippen LogP contribution in [-0.2, 0) is 4.79 Å². The second-order valence-corrected chi connectivity index (χ2v) is 7.89. The minimum absolute atomic E-state index is 0.164. The molecule has 0 aliphatic carbocycles. The van der Waals surface area contributed by atoms with E-state index in [0.717, 1.165) is 24.1 Å². The highest BCUT2D eigenvalue weighted by molar-refractivity contribution is 5.99. The van der Waals surface area contributed by atoms with Gasteiger partial charge in [-0.2, -0.15) is 18.3 Å². The highest BCUT2D eigenvalue weighted by Gasteiger charge is 2.38. The number of aryl methyl sites for hydroxylation is 1. The van der Waals surface area contributed by atoms with Crippen LogP contribution in [-0.4, -0.2) is 65.0 Å². The summed E-state index contributed by atoms with van der Waals surface area (Å²) in [6.45, 7) is 3.51. The third-order valence-electron chi connectivity index (χ3n) is 4.69. The van der Waals surface area contributed by atoms with E-state index in [4.69, 9.17) is 9.90 Å². The zero-order valence-corrected chi connectivity index (χ0v) is 19.4. The van der Waals surface area contributed by atoms with Gasteiger partial charge in [-0.3, -0.25) is 4.79 Å². The Morgan fingerprint density at radius 3 is 2.14 bits per heavy atom. The number of halogens is 4. The lowest BCUT2D eigenvalue weighted by Gasteiger charge is -2.10. The van der Waals surface area contributed by atoms with Crippen molar-refractivity contribution >= 4 is 11.9 Å². The van der Waals surface area contributed by atoms with Crippen molar-refractivity contribution in [3.63, 3.8) is 0 Å². The lowest BCUT2D eigenvalue weighted by molar-refractivity contribution is -0.192. The van der Waals surface area contributed by atoms with E-state index < -0.39 is 12.1 Å². The molecular weight excluding hydrogens is 468 g/mol.